The van der Waals surface area contributed by atoms with Crippen molar-refractivity contribution in [3.8, 4) is 0 Å². The maximum atomic E-state index is 11.2. The molecule has 11 heavy (non-hydrogen) atoms. The fourth-order valence-corrected chi connectivity index (χ4v) is 1.01. The van der Waals surface area contributed by atoms with E-state index in [0.29, 0.717) is 0 Å². The first kappa shape index (κ1) is 8.11. The zero-order valence-electron chi connectivity index (χ0n) is 7.43. The summed E-state index contributed by atoms with van der Waals surface area (Å²) in [5, 5.41) is 0. The maximum Gasteiger partial charge on any atom is 0.326 e. The Hall–Kier alpha value is -0.990. The molecule has 1 heterocycles. The van der Waals surface area contributed by atoms with E-state index in [1.54, 1.807) is 4.57 Å². The van der Waals surface area contributed by atoms with E-state index in [0.717, 1.165) is 5.69 Å². The quantitative estimate of drug-likeness (QED) is 0.599. The van der Waals surface area contributed by atoms with Crippen LogP contribution in [0, 0.1) is 6.92 Å². The smallest absolute Gasteiger partial charge is 0.310 e. The van der Waals surface area contributed by atoms with Gasteiger partial charge in [-0.1, -0.05) is 0 Å². The summed E-state index contributed by atoms with van der Waals surface area (Å²) in [6.07, 6.45) is 1.84. The van der Waals surface area contributed by atoms with Crippen LogP contribution in [-0.4, -0.2) is 9.55 Å². The summed E-state index contributed by atoms with van der Waals surface area (Å²) >= 11 is 0. The molecule has 0 radical (unpaired) electrons. The molecule has 1 rings (SSSR count). The lowest BCUT2D eigenvalue weighted by Gasteiger charge is -2.18. The highest BCUT2D eigenvalue weighted by Crippen LogP contribution is 2.10. The first-order valence-electron chi connectivity index (χ1n) is 3.70. The predicted molar refractivity (Wildman–Crippen MR) is 44.8 cm³/mol. The zero-order valence-corrected chi connectivity index (χ0v) is 7.43. The van der Waals surface area contributed by atoms with E-state index in [4.69, 9.17) is 0 Å². The molecule has 0 aliphatic heterocycles. The molecule has 0 unspecified atom stereocenters. The molecule has 0 aliphatic rings. The molecule has 0 amide bonds. The summed E-state index contributed by atoms with van der Waals surface area (Å²) < 4.78 is 1.70. The highest BCUT2D eigenvalue weighted by molar-refractivity contribution is 4.96. The van der Waals surface area contributed by atoms with Crippen molar-refractivity contribution in [3.05, 3.63) is 22.4 Å². The summed E-state index contributed by atoms with van der Waals surface area (Å²) in [4.78, 5) is 13.9. The molecule has 3 nitrogen and oxygen atoms in total. The first-order chi connectivity index (χ1) is 4.91. The molecule has 0 spiro atoms. The Morgan fingerprint density at radius 2 is 2.00 bits per heavy atom. The van der Waals surface area contributed by atoms with Gasteiger partial charge in [0.2, 0.25) is 0 Å². The minimum Gasteiger partial charge on any atom is -0.310 e. The van der Waals surface area contributed by atoms with Crippen LogP contribution in [0.15, 0.2) is 11.0 Å². The molecule has 0 atom stereocenters. The molecular weight excluding hydrogens is 140 g/mol. The Balaban J connectivity index is 3.25. The molecule has 0 aromatic carbocycles. The number of aromatic amines is 1. The second-order valence-electron chi connectivity index (χ2n) is 3.78. The number of nitrogens with zero attached hydrogens (tertiary/aromatic N) is 1. The Morgan fingerprint density at radius 3 is 2.18 bits per heavy atom. The van der Waals surface area contributed by atoms with Crippen molar-refractivity contribution in [1.82, 2.24) is 9.55 Å². The predicted octanol–water partition coefficient (Wildman–Crippen LogP) is 1.24. The minimum absolute atomic E-state index is 0.0324. The molecule has 1 N–H and O–H groups in total. The third kappa shape index (κ3) is 1.53. The molecule has 1 aromatic rings. The molecular formula is C8H14N2O. The molecule has 0 bridgehead atoms. The van der Waals surface area contributed by atoms with Crippen molar-refractivity contribution in [2.75, 3.05) is 0 Å². The van der Waals surface area contributed by atoms with Gasteiger partial charge in [-0.15, -0.1) is 0 Å². The van der Waals surface area contributed by atoms with Crippen LogP contribution < -0.4 is 5.69 Å². The number of hydrogen-bond acceptors (Lipinski definition) is 1. The van der Waals surface area contributed by atoms with Gasteiger partial charge in [-0.2, -0.15) is 0 Å². The minimum atomic E-state index is -0.123. The average Bonchev–Trinajstić information content (AvgIpc) is 2.08. The van der Waals surface area contributed by atoms with E-state index in [9.17, 15) is 4.79 Å². The molecule has 1 aromatic heterocycles. The van der Waals surface area contributed by atoms with E-state index in [2.05, 4.69) is 4.98 Å². The van der Waals surface area contributed by atoms with Crippen LogP contribution in [-0.2, 0) is 5.54 Å². The van der Waals surface area contributed by atoms with Gasteiger partial charge in [0, 0.05) is 17.4 Å². The van der Waals surface area contributed by atoms with Crippen molar-refractivity contribution in [2.45, 2.75) is 33.2 Å². The highest BCUT2D eigenvalue weighted by Gasteiger charge is 2.14. The van der Waals surface area contributed by atoms with E-state index < -0.39 is 0 Å². The van der Waals surface area contributed by atoms with Crippen LogP contribution in [0.4, 0.5) is 0 Å². The third-order valence-electron chi connectivity index (χ3n) is 1.57. The van der Waals surface area contributed by atoms with E-state index >= 15 is 0 Å². The van der Waals surface area contributed by atoms with Crippen molar-refractivity contribution < 1.29 is 0 Å². The normalized spacial score (nSPS) is 12.0. The summed E-state index contributed by atoms with van der Waals surface area (Å²) in [6, 6.07) is 0. The topological polar surface area (TPSA) is 37.8 Å². The van der Waals surface area contributed by atoms with E-state index in [-0.39, 0.29) is 11.2 Å². The van der Waals surface area contributed by atoms with Gasteiger partial charge in [-0.25, -0.2) is 4.79 Å². The van der Waals surface area contributed by atoms with Crippen LogP contribution in [0.5, 0.6) is 0 Å². The Labute approximate surface area is 66.1 Å². The van der Waals surface area contributed by atoms with Crippen molar-refractivity contribution in [3.63, 3.8) is 0 Å². The standard InChI is InChI=1S/C8H14N2O/c1-6-5-10(7(11)9-6)8(2,3)4/h5H,1-4H3,(H,9,11). The molecule has 0 saturated heterocycles. The van der Waals surface area contributed by atoms with Crippen LogP contribution in [0.1, 0.15) is 26.5 Å². The molecule has 0 saturated carbocycles. The number of nitrogens with one attached hydrogen (secondary N) is 1. The van der Waals surface area contributed by atoms with Gasteiger partial charge in [0.15, 0.2) is 0 Å². The number of imidazole rings is 1. The van der Waals surface area contributed by atoms with Gasteiger partial charge in [0.05, 0.1) is 0 Å². The summed E-state index contributed by atoms with van der Waals surface area (Å²) in [6.45, 7) is 7.88. The van der Waals surface area contributed by atoms with Crippen molar-refractivity contribution in [1.29, 1.82) is 0 Å². The van der Waals surface area contributed by atoms with Gasteiger partial charge in [-0.3, -0.25) is 4.57 Å². The number of H-pyrrole nitrogens is 1. The lowest BCUT2D eigenvalue weighted by Crippen LogP contribution is -2.31. The van der Waals surface area contributed by atoms with E-state index in [1.807, 2.05) is 33.9 Å². The molecule has 0 aliphatic carbocycles. The van der Waals surface area contributed by atoms with Crippen LogP contribution in [0.3, 0.4) is 0 Å². The fourth-order valence-electron chi connectivity index (χ4n) is 1.01. The summed E-state index contributed by atoms with van der Waals surface area (Å²) in [5.74, 6) is 0. The monoisotopic (exact) mass is 154 g/mol. The number of hydrogen-bond donors (Lipinski definition) is 1. The fraction of sp³-hybridized carbons (Fsp3) is 0.625. The number of aromatic nitrogens is 2. The van der Waals surface area contributed by atoms with Crippen LogP contribution in [0.25, 0.3) is 0 Å². The Bertz CT molecular complexity index is 301. The van der Waals surface area contributed by atoms with Gasteiger partial charge in [0.25, 0.3) is 0 Å². The Kier molecular flexibility index (Phi) is 1.66. The number of aryl methyl sites for hydroxylation is 1. The SMILES string of the molecule is Cc1cn(C(C)(C)C)c(=O)[nH]1. The van der Waals surface area contributed by atoms with Gasteiger partial charge in [-0.05, 0) is 27.7 Å². The molecule has 62 valence electrons. The molecule has 3 heteroatoms. The Morgan fingerprint density at radius 1 is 1.45 bits per heavy atom. The second-order valence-corrected chi connectivity index (χ2v) is 3.78. The zero-order chi connectivity index (χ0) is 8.65. The second kappa shape index (κ2) is 2.26. The van der Waals surface area contributed by atoms with Crippen LogP contribution >= 0.6 is 0 Å². The van der Waals surface area contributed by atoms with Crippen LogP contribution in [0.2, 0.25) is 0 Å². The lowest BCUT2D eigenvalue weighted by molar-refractivity contribution is 0.385. The highest BCUT2D eigenvalue weighted by atomic mass is 16.1. The largest absolute Gasteiger partial charge is 0.326 e. The maximum absolute atomic E-state index is 11.2. The van der Waals surface area contributed by atoms with Crippen molar-refractivity contribution in [2.24, 2.45) is 0 Å². The van der Waals surface area contributed by atoms with Gasteiger partial charge in [0.1, 0.15) is 0 Å². The average molecular weight is 154 g/mol. The first-order valence-corrected chi connectivity index (χ1v) is 3.70. The third-order valence-corrected chi connectivity index (χ3v) is 1.57. The van der Waals surface area contributed by atoms with Gasteiger partial charge < -0.3 is 4.98 Å². The molecule has 0 fully saturated rings. The summed E-state index contributed by atoms with van der Waals surface area (Å²) in [5.41, 5.74) is 0.752. The van der Waals surface area contributed by atoms with Crippen molar-refractivity contribution >= 4 is 0 Å². The lowest BCUT2D eigenvalue weighted by atomic mass is 10.1. The van der Waals surface area contributed by atoms with E-state index in [1.165, 1.54) is 0 Å². The summed E-state index contributed by atoms with van der Waals surface area (Å²) in [7, 11) is 0. The number of rotatable bonds is 0. The van der Waals surface area contributed by atoms with Gasteiger partial charge >= 0.3 is 5.69 Å².